The van der Waals surface area contributed by atoms with Crippen LogP contribution in [-0.4, -0.2) is 5.11 Å². The van der Waals surface area contributed by atoms with Crippen LogP contribution in [0.4, 0.5) is 4.39 Å². The van der Waals surface area contributed by atoms with Gasteiger partial charge in [0.15, 0.2) is 0 Å². The van der Waals surface area contributed by atoms with Gasteiger partial charge in [0, 0.05) is 10.0 Å². The van der Waals surface area contributed by atoms with Crippen molar-refractivity contribution in [3.05, 3.63) is 68.9 Å². The number of benzene rings is 2. The van der Waals surface area contributed by atoms with Crippen molar-refractivity contribution >= 4 is 27.5 Å². The second kappa shape index (κ2) is 5.17. The summed E-state index contributed by atoms with van der Waals surface area (Å²) in [6, 6.07) is 11.2. The Hall–Kier alpha value is -0.900. The van der Waals surface area contributed by atoms with Crippen LogP contribution in [0.1, 0.15) is 17.2 Å². The Morgan fingerprint density at radius 2 is 1.88 bits per heavy atom. The van der Waals surface area contributed by atoms with E-state index in [1.807, 2.05) is 0 Å². The highest BCUT2D eigenvalue weighted by atomic mass is 79.9. The summed E-state index contributed by atoms with van der Waals surface area (Å²) in [6.07, 6.45) is -0.996. The van der Waals surface area contributed by atoms with Gasteiger partial charge in [-0.1, -0.05) is 35.9 Å². The molecule has 1 atom stereocenters. The van der Waals surface area contributed by atoms with E-state index in [2.05, 4.69) is 15.9 Å². The van der Waals surface area contributed by atoms with E-state index in [0.717, 1.165) is 0 Å². The van der Waals surface area contributed by atoms with Gasteiger partial charge < -0.3 is 5.11 Å². The van der Waals surface area contributed by atoms with Gasteiger partial charge >= 0.3 is 0 Å². The zero-order chi connectivity index (χ0) is 12.4. The van der Waals surface area contributed by atoms with Crippen LogP contribution in [0, 0.1) is 5.82 Å². The maximum Gasteiger partial charge on any atom is 0.129 e. The molecule has 0 aliphatic carbocycles. The third kappa shape index (κ3) is 2.68. The van der Waals surface area contributed by atoms with Crippen LogP contribution in [0.2, 0.25) is 5.02 Å². The van der Waals surface area contributed by atoms with Crippen LogP contribution in [0.15, 0.2) is 46.9 Å². The molecule has 2 aromatic carbocycles. The van der Waals surface area contributed by atoms with E-state index in [4.69, 9.17) is 11.6 Å². The molecule has 0 saturated heterocycles. The Morgan fingerprint density at radius 3 is 2.53 bits per heavy atom. The fourth-order valence-corrected chi connectivity index (χ4v) is 2.07. The third-order valence-corrected chi connectivity index (χ3v) is 3.67. The lowest BCUT2D eigenvalue weighted by atomic mass is 10.0. The highest BCUT2D eigenvalue weighted by molar-refractivity contribution is 9.10. The van der Waals surface area contributed by atoms with Gasteiger partial charge in [0.25, 0.3) is 0 Å². The van der Waals surface area contributed by atoms with Gasteiger partial charge in [0.2, 0.25) is 0 Å². The normalized spacial score (nSPS) is 12.5. The molecule has 2 aromatic rings. The number of aliphatic hydroxyl groups excluding tert-OH is 1. The molecule has 0 aliphatic rings. The molecule has 0 aliphatic heterocycles. The highest BCUT2D eigenvalue weighted by Crippen LogP contribution is 2.29. The summed E-state index contributed by atoms with van der Waals surface area (Å²) >= 11 is 9.13. The summed E-state index contributed by atoms with van der Waals surface area (Å²) in [5.74, 6) is -0.425. The first-order valence-electron chi connectivity index (χ1n) is 4.97. The molecule has 1 unspecified atom stereocenters. The number of rotatable bonds is 2. The first kappa shape index (κ1) is 12.6. The number of hydrogen-bond acceptors (Lipinski definition) is 1. The van der Waals surface area contributed by atoms with Crippen molar-refractivity contribution in [2.75, 3.05) is 0 Å². The van der Waals surface area contributed by atoms with Crippen molar-refractivity contribution in [3.63, 3.8) is 0 Å². The molecule has 0 fully saturated rings. The lowest BCUT2D eigenvalue weighted by Crippen LogP contribution is -2.02. The van der Waals surface area contributed by atoms with Crippen LogP contribution in [0.25, 0.3) is 0 Å². The Labute approximate surface area is 112 Å². The minimum Gasteiger partial charge on any atom is -0.384 e. The van der Waals surface area contributed by atoms with E-state index in [1.165, 1.54) is 6.07 Å². The summed E-state index contributed by atoms with van der Waals surface area (Å²) < 4.78 is 14.2. The quantitative estimate of drug-likeness (QED) is 0.875. The van der Waals surface area contributed by atoms with Gasteiger partial charge in [0.1, 0.15) is 11.9 Å². The molecule has 0 spiro atoms. The van der Waals surface area contributed by atoms with Gasteiger partial charge in [-0.2, -0.15) is 0 Å². The molecule has 0 saturated carbocycles. The van der Waals surface area contributed by atoms with Crippen LogP contribution in [0.5, 0.6) is 0 Å². The molecule has 2 rings (SSSR count). The summed E-state index contributed by atoms with van der Waals surface area (Å²) in [7, 11) is 0. The molecule has 1 N–H and O–H groups in total. The summed E-state index contributed by atoms with van der Waals surface area (Å²) in [5, 5.41) is 10.6. The van der Waals surface area contributed by atoms with Crippen molar-refractivity contribution in [3.8, 4) is 0 Å². The minimum absolute atomic E-state index is 0.252. The standard InChI is InChI=1S/C13H9BrClFO/c14-10-7-8(5-6-11(10)15)13(17)9-3-1-2-4-12(9)16/h1-7,13,17H. The second-order valence-corrected chi connectivity index (χ2v) is 4.86. The molecule has 88 valence electrons. The fourth-order valence-electron chi connectivity index (χ4n) is 1.56. The molecule has 0 aromatic heterocycles. The van der Waals surface area contributed by atoms with Crippen molar-refractivity contribution in [1.82, 2.24) is 0 Å². The Balaban J connectivity index is 2.40. The molecule has 0 radical (unpaired) electrons. The highest BCUT2D eigenvalue weighted by Gasteiger charge is 2.15. The number of hydrogen-bond donors (Lipinski definition) is 1. The topological polar surface area (TPSA) is 20.2 Å². The third-order valence-electron chi connectivity index (χ3n) is 2.46. The molecule has 4 heteroatoms. The van der Waals surface area contributed by atoms with Crippen molar-refractivity contribution < 1.29 is 9.50 Å². The van der Waals surface area contributed by atoms with Crippen LogP contribution in [0.3, 0.4) is 0 Å². The average Bonchev–Trinajstić information content (AvgIpc) is 2.32. The van der Waals surface area contributed by atoms with Crippen LogP contribution < -0.4 is 0 Å². The molecule has 1 nitrogen and oxygen atoms in total. The maximum atomic E-state index is 13.5. The van der Waals surface area contributed by atoms with Gasteiger partial charge in [-0.25, -0.2) is 4.39 Å². The zero-order valence-corrected chi connectivity index (χ0v) is 11.0. The van der Waals surface area contributed by atoms with Crippen molar-refractivity contribution in [2.45, 2.75) is 6.10 Å². The molecular formula is C13H9BrClFO. The monoisotopic (exact) mass is 314 g/mol. The number of aliphatic hydroxyl groups is 1. The average molecular weight is 316 g/mol. The molecular weight excluding hydrogens is 306 g/mol. The largest absolute Gasteiger partial charge is 0.384 e. The lowest BCUT2D eigenvalue weighted by Gasteiger charge is -2.13. The maximum absolute atomic E-state index is 13.5. The molecule has 0 amide bonds. The summed E-state index contributed by atoms with van der Waals surface area (Å²) in [6.45, 7) is 0. The summed E-state index contributed by atoms with van der Waals surface area (Å²) in [5.41, 5.74) is 0.841. The van der Waals surface area contributed by atoms with E-state index in [9.17, 15) is 9.50 Å². The molecule has 0 heterocycles. The van der Waals surface area contributed by atoms with Crippen molar-refractivity contribution in [1.29, 1.82) is 0 Å². The van der Waals surface area contributed by atoms with Gasteiger partial charge in [-0.3, -0.25) is 0 Å². The fraction of sp³-hybridized carbons (Fsp3) is 0.0769. The van der Waals surface area contributed by atoms with Crippen LogP contribution in [-0.2, 0) is 0 Å². The summed E-state index contributed by atoms with van der Waals surface area (Å²) in [4.78, 5) is 0. The Morgan fingerprint density at radius 1 is 1.18 bits per heavy atom. The van der Waals surface area contributed by atoms with Gasteiger partial charge in [-0.15, -0.1) is 0 Å². The van der Waals surface area contributed by atoms with E-state index in [0.29, 0.717) is 15.1 Å². The smallest absolute Gasteiger partial charge is 0.129 e. The van der Waals surface area contributed by atoms with Gasteiger partial charge in [0.05, 0.1) is 5.02 Å². The molecule has 0 bridgehead atoms. The predicted octanol–water partition coefficient (Wildman–Crippen LogP) is 4.32. The predicted molar refractivity (Wildman–Crippen MR) is 69.6 cm³/mol. The Kier molecular flexibility index (Phi) is 3.82. The number of halogens is 3. The zero-order valence-electron chi connectivity index (χ0n) is 8.70. The minimum atomic E-state index is -0.996. The van der Waals surface area contributed by atoms with E-state index < -0.39 is 11.9 Å². The van der Waals surface area contributed by atoms with E-state index >= 15 is 0 Å². The Bertz CT molecular complexity index is 545. The lowest BCUT2D eigenvalue weighted by molar-refractivity contribution is 0.215. The SMILES string of the molecule is OC(c1ccc(Cl)c(Br)c1)c1ccccc1F. The van der Waals surface area contributed by atoms with Crippen LogP contribution >= 0.6 is 27.5 Å². The second-order valence-electron chi connectivity index (χ2n) is 3.60. The molecule has 17 heavy (non-hydrogen) atoms. The van der Waals surface area contributed by atoms with E-state index in [1.54, 1.807) is 36.4 Å². The first-order valence-corrected chi connectivity index (χ1v) is 6.14. The van der Waals surface area contributed by atoms with E-state index in [-0.39, 0.29) is 5.56 Å². The first-order chi connectivity index (χ1) is 8.09. The van der Waals surface area contributed by atoms with Crippen molar-refractivity contribution in [2.24, 2.45) is 0 Å². The van der Waals surface area contributed by atoms with Gasteiger partial charge in [-0.05, 0) is 39.7 Å².